The maximum Gasteiger partial charge on any atom is 0.149 e. The highest BCUT2D eigenvalue weighted by Crippen LogP contribution is 2.28. The van der Waals surface area contributed by atoms with E-state index >= 15 is 0 Å². The average Bonchev–Trinajstić information content (AvgIpc) is 2.71. The Labute approximate surface area is 102 Å². The molecule has 1 aromatic rings. The minimum atomic E-state index is -2.99. The predicted octanol–water partition coefficient (Wildman–Crippen LogP) is 0.927. The summed E-state index contributed by atoms with van der Waals surface area (Å²) in [7, 11) is -1.21. The van der Waals surface area contributed by atoms with Crippen molar-refractivity contribution >= 4 is 9.84 Å². The molecular formula is C12H17NO3S. The van der Waals surface area contributed by atoms with Crippen LogP contribution < -0.4 is 10.1 Å². The van der Waals surface area contributed by atoms with Gasteiger partial charge in [-0.1, -0.05) is 12.1 Å². The Balaban J connectivity index is 2.25. The number of benzene rings is 1. The maximum atomic E-state index is 11.3. The molecule has 1 heterocycles. The van der Waals surface area contributed by atoms with Gasteiger partial charge in [-0.25, -0.2) is 8.42 Å². The van der Waals surface area contributed by atoms with Gasteiger partial charge in [0.2, 0.25) is 0 Å². The Morgan fingerprint density at radius 1 is 1.47 bits per heavy atom. The Hall–Kier alpha value is -1.07. The first-order chi connectivity index (χ1) is 7.99. The Kier molecular flexibility index (Phi) is 3.40. The quantitative estimate of drug-likeness (QED) is 0.869. The van der Waals surface area contributed by atoms with Crippen LogP contribution in [0.2, 0.25) is 0 Å². The van der Waals surface area contributed by atoms with Crippen molar-refractivity contribution in [1.82, 2.24) is 5.32 Å². The van der Waals surface area contributed by atoms with Gasteiger partial charge in [0, 0.05) is 18.7 Å². The van der Waals surface area contributed by atoms with Crippen LogP contribution in [0.3, 0.4) is 0 Å². The number of nitrogens with one attached hydrogen (secondary N) is 1. The monoisotopic (exact) mass is 255 g/mol. The van der Waals surface area contributed by atoms with E-state index in [9.17, 15) is 8.42 Å². The topological polar surface area (TPSA) is 55.4 Å². The highest BCUT2D eigenvalue weighted by Gasteiger charge is 2.19. The maximum absolute atomic E-state index is 11.3. The van der Waals surface area contributed by atoms with Crippen molar-refractivity contribution in [3.05, 3.63) is 29.3 Å². The molecular weight excluding hydrogens is 238 g/mol. The van der Waals surface area contributed by atoms with E-state index in [-0.39, 0.29) is 11.8 Å². The van der Waals surface area contributed by atoms with Gasteiger partial charge in [0.15, 0.2) is 0 Å². The zero-order valence-corrected chi connectivity index (χ0v) is 10.9. The van der Waals surface area contributed by atoms with Gasteiger partial charge in [-0.3, -0.25) is 0 Å². The van der Waals surface area contributed by atoms with Gasteiger partial charge in [-0.15, -0.1) is 0 Å². The Bertz CT molecular complexity index is 510. The SMILES string of the molecule is CNC(CS(C)(=O)=O)c1ccc2c(c1)CCO2. The van der Waals surface area contributed by atoms with Crippen LogP contribution in [0.15, 0.2) is 18.2 Å². The normalized spacial score (nSPS) is 16.4. The van der Waals surface area contributed by atoms with Crippen molar-refractivity contribution in [3.8, 4) is 5.75 Å². The molecule has 0 radical (unpaired) electrons. The smallest absolute Gasteiger partial charge is 0.149 e. The lowest BCUT2D eigenvalue weighted by molar-refractivity contribution is 0.357. The van der Waals surface area contributed by atoms with E-state index in [4.69, 9.17) is 4.74 Å². The fourth-order valence-corrected chi connectivity index (χ4v) is 3.04. The summed E-state index contributed by atoms with van der Waals surface area (Å²) >= 11 is 0. The van der Waals surface area contributed by atoms with Gasteiger partial charge in [-0.2, -0.15) is 0 Å². The van der Waals surface area contributed by atoms with Crippen LogP contribution in [0.4, 0.5) is 0 Å². The molecule has 0 saturated heterocycles. The number of sulfone groups is 1. The lowest BCUT2D eigenvalue weighted by atomic mass is 10.0. The minimum absolute atomic E-state index is 0.114. The van der Waals surface area contributed by atoms with Crippen molar-refractivity contribution in [2.24, 2.45) is 0 Å². The van der Waals surface area contributed by atoms with E-state index in [1.807, 2.05) is 18.2 Å². The molecule has 1 unspecified atom stereocenters. The summed E-state index contributed by atoms with van der Waals surface area (Å²) in [6, 6.07) is 5.73. The summed E-state index contributed by atoms with van der Waals surface area (Å²) in [6.07, 6.45) is 2.16. The third kappa shape index (κ3) is 2.98. The molecule has 5 heteroatoms. The molecule has 94 valence electrons. The molecule has 0 aliphatic carbocycles. The molecule has 1 N–H and O–H groups in total. The van der Waals surface area contributed by atoms with E-state index in [1.165, 1.54) is 6.26 Å². The Morgan fingerprint density at radius 2 is 2.24 bits per heavy atom. The van der Waals surface area contributed by atoms with Gasteiger partial charge in [-0.05, 0) is 24.2 Å². The fourth-order valence-electron chi connectivity index (χ4n) is 2.07. The second-order valence-corrected chi connectivity index (χ2v) is 6.58. The lowest BCUT2D eigenvalue weighted by Gasteiger charge is -2.16. The van der Waals surface area contributed by atoms with Crippen molar-refractivity contribution in [2.75, 3.05) is 25.7 Å². The molecule has 0 amide bonds. The van der Waals surface area contributed by atoms with Gasteiger partial charge >= 0.3 is 0 Å². The van der Waals surface area contributed by atoms with E-state index in [1.54, 1.807) is 7.05 Å². The van der Waals surface area contributed by atoms with E-state index in [0.717, 1.165) is 29.9 Å². The first kappa shape index (κ1) is 12.4. The second kappa shape index (κ2) is 4.66. The molecule has 17 heavy (non-hydrogen) atoms. The molecule has 0 fully saturated rings. The standard InChI is InChI=1S/C12H17NO3S/c1-13-11(8-17(2,14)15)9-3-4-12-10(7-9)5-6-16-12/h3-4,7,11,13H,5-6,8H2,1-2H3. The van der Waals surface area contributed by atoms with Gasteiger partial charge in [0.25, 0.3) is 0 Å². The predicted molar refractivity (Wildman–Crippen MR) is 67.2 cm³/mol. The van der Waals surface area contributed by atoms with Crippen LogP contribution in [-0.2, 0) is 16.3 Å². The number of fused-ring (bicyclic) bond motifs is 1. The summed E-state index contributed by atoms with van der Waals surface area (Å²) in [6.45, 7) is 0.717. The largest absolute Gasteiger partial charge is 0.493 e. The van der Waals surface area contributed by atoms with Crippen LogP contribution >= 0.6 is 0 Å². The van der Waals surface area contributed by atoms with Crippen LogP contribution in [0.1, 0.15) is 17.2 Å². The van der Waals surface area contributed by atoms with Crippen LogP contribution in [0, 0.1) is 0 Å². The second-order valence-electron chi connectivity index (χ2n) is 4.40. The van der Waals surface area contributed by atoms with Gasteiger partial charge in [0.1, 0.15) is 15.6 Å². The number of hydrogen-bond acceptors (Lipinski definition) is 4. The third-order valence-corrected chi connectivity index (χ3v) is 3.87. The van der Waals surface area contributed by atoms with Crippen molar-refractivity contribution in [3.63, 3.8) is 0 Å². The summed E-state index contributed by atoms with van der Waals surface area (Å²) in [5.74, 6) is 1.03. The summed E-state index contributed by atoms with van der Waals surface area (Å²) in [4.78, 5) is 0. The molecule has 1 aliphatic rings. The number of rotatable bonds is 4. The van der Waals surface area contributed by atoms with Crippen LogP contribution in [0.25, 0.3) is 0 Å². The van der Waals surface area contributed by atoms with Gasteiger partial charge in [0.05, 0.1) is 12.4 Å². The summed E-state index contributed by atoms with van der Waals surface area (Å²) < 4.78 is 28.1. The zero-order chi connectivity index (χ0) is 12.5. The number of hydrogen-bond donors (Lipinski definition) is 1. The zero-order valence-electron chi connectivity index (χ0n) is 10.1. The average molecular weight is 255 g/mol. The molecule has 2 rings (SSSR count). The molecule has 4 nitrogen and oxygen atoms in total. The van der Waals surface area contributed by atoms with Crippen LogP contribution in [0.5, 0.6) is 5.75 Å². The highest BCUT2D eigenvalue weighted by molar-refractivity contribution is 7.90. The number of ether oxygens (including phenoxy) is 1. The first-order valence-corrected chi connectivity index (χ1v) is 7.66. The summed E-state index contributed by atoms with van der Waals surface area (Å²) in [5.41, 5.74) is 2.17. The lowest BCUT2D eigenvalue weighted by Crippen LogP contribution is -2.24. The van der Waals surface area contributed by atoms with Crippen LogP contribution in [-0.4, -0.2) is 34.1 Å². The van der Waals surface area contributed by atoms with Crippen molar-refractivity contribution in [2.45, 2.75) is 12.5 Å². The highest BCUT2D eigenvalue weighted by atomic mass is 32.2. The molecule has 0 spiro atoms. The van der Waals surface area contributed by atoms with E-state index in [0.29, 0.717) is 0 Å². The van der Waals surface area contributed by atoms with E-state index < -0.39 is 9.84 Å². The fraction of sp³-hybridized carbons (Fsp3) is 0.500. The third-order valence-electron chi connectivity index (χ3n) is 2.93. The molecule has 1 atom stereocenters. The molecule has 0 aromatic heterocycles. The minimum Gasteiger partial charge on any atom is -0.493 e. The summed E-state index contributed by atoms with van der Waals surface area (Å²) in [5, 5.41) is 3.05. The van der Waals surface area contributed by atoms with Crippen molar-refractivity contribution in [1.29, 1.82) is 0 Å². The van der Waals surface area contributed by atoms with E-state index in [2.05, 4.69) is 5.32 Å². The first-order valence-electron chi connectivity index (χ1n) is 5.60. The van der Waals surface area contributed by atoms with Crippen molar-refractivity contribution < 1.29 is 13.2 Å². The Morgan fingerprint density at radius 3 is 2.88 bits per heavy atom. The molecule has 1 aromatic carbocycles. The molecule has 0 saturated carbocycles. The molecule has 1 aliphatic heterocycles. The molecule has 0 bridgehead atoms. The van der Waals surface area contributed by atoms with Gasteiger partial charge < -0.3 is 10.1 Å².